The van der Waals surface area contributed by atoms with Gasteiger partial charge in [0, 0.05) is 27.5 Å². The number of hydrogen-bond donors (Lipinski definition) is 0. The topological polar surface area (TPSA) is 23.8 Å². The Bertz CT molecular complexity index is 93.1. The van der Waals surface area contributed by atoms with Gasteiger partial charge in [-0.05, 0) is 6.42 Å². The molecule has 0 saturated heterocycles. The van der Waals surface area contributed by atoms with Gasteiger partial charge in [0.1, 0.15) is 0 Å². The average Bonchev–Trinajstić information content (AvgIpc) is 2.04. The zero-order valence-electron chi connectivity index (χ0n) is 8.60. The zero-order chi connectivity index (χ0) is 8.95. The summed E-state index contributed by atoms with van der Waals surface area (Å²) in [5.74, 6) is 0. The van der Waals surface area contributed by atoms with Gasteiger partial charge in [-0.15, -0.1) is 0 Å². The minimum absolute atomic E-state index is 0. The molecule has 12 heavy (non-hydrogen) atoms. The van der Waals surface area contributed by atoms with E-state index in [0.29, 0.717) is 0 Å². The molecule has 0 fully saturated rings. The first-order chi connectivity index (χ1) is 5.33. The van der Waals surface area contributed by atoms with Gasteiger partial charge in [0.15, 0.2) is 0 Å². The molecule has 0 N–H and O–H groups in total. The normalized spacial score (nSPS) is 6.42. The predicted molar refractivity (Wildman–Crippen MR) is 58.5 cm³/mol. The summed E-state index contributed by atoms with van der Waals surface area (Å²) in [5, 5.41) is 7.95. The van der Waals surface area contributed by atoms with E-state index in [1.165, 1.54) is 20.6 Å². The van der Waals surface area contributed by atoms with Gasteiger partial charge in [0.25, 0.3) is 0 Å². The maximum atomic E-state index is 7.95. The van der Waals surface area contributed by atoms with Crippen LogP contribution in [0.3, 0.4) is 0 Å². The van der Waals surface area contributed by atoms with Crippen LogP contribution in [0.4, 0.5) is 0 Å². The summed E-state index contributed by atoms with van der Waals surface area (Å²) in [6, 6.07) is 2.07. The quantitative estimate of drug-likeness (QED) is 0.542. The van der Waals surface area contributed by atoms with E-state index in [0.717, 1.165) is 19.3 Å². The van der Waals surface area contributed by atoms with Crippen LogP contribution in [0.1, 0.15) is 33.1 Å². The van der Waals surface area contributed by atoms with Crippen LogP contribution < -0.4 is 0 Å². The molecule has 0 radical (unpaired) electrons. The Labute approximate surface area is 93.8 Å². The monoisotopic (exact) mass is 333 g/mol. The van der Waals surface area contributed by atoms with Crippen molar-refractivity contribution >= 4 is 22.0 Å². The van der Waals surface area contributed by atoms with E-state index in [2.05, 4.69) is 27.7 Å². The van der Waals surface area contributed by atoms with Gasteiger partial charge in [0.05, 0.1) is 28.0 Å². The molecule has 0 aliphatic heterocycles. The van der Waals surface area contributed by atoms with Gasteiger partial charge < -0.3 is 0 Å². The van der Waals surface area contributed by atoms with Crippen molar-refractivity contribution in [2.45, 2.75) is 39.4 Å². The molecule has 1 nitrogen and oxygen atoms in total. The molecule has 66 valence electrons. The molecule has 0 aliphatic carbocycles. The van der Waals surface area contributed by atoms with E-state index < -0.39 is 0 Å². The van der Waals surface area contributed by atoms with E-state index in [4.69, 9.17) is 5.26 Å². The Hall–Kier alpha value is 0.373. The fourth-order valence-electron chi connectivity index (χ4n) is 0.609. The van der Waals surface area contributed by atoms with E-state index in [1.54, 1.807) is 0 Å². The van der Waals surface area contributed by atoms with Crippen molar-refractivity contribution in [1.29, 1.82) is 5.26 Å². The molecule has 0 bridgehead atoms. The molecule has 0 rings (SSSR count). The van der Waals surface area contributed by atoms with E-state index in [9.17, 15) is 0 Å². The Balaban J connectivity index is -0.000000126. The number of hydrogen-bond acceptors (Lipinski definition) is 1. The second-order valence-electron chi connectivity index (χ2n) is 2.62. The first-order valence-electron chi connectivity index (χ1n) is 4.70. The Kier molecular flexibility index (Phi) is 34.2. The fraction of sp³-hybridized carbons (Fsp3) is 0.857. The van der Waals surface area contributed by atoms with Crippen molar-refractivity contribution in [2.75, 3.05) is 0 Å². The van der Waals surface area contributed by atoms with Crippen LogP contribution in [0.2, 0.25) is 6.32 Å². The van der Waals surface area contributed by atoms with Crippen molar-refractivity contribution in [3.63, 3.8) is 0 Å². The number of unbranched alkanes of at least 4 members (excludes halogenated alkanes) is 2. The summed E-state index contributed by atoms with van der Waals surface area (Å²) in [7, 11) is 4.94. The SMILES string of the molecule is BBBCC.CCCCC#N.[W]. The minimum atomic E-state index is 0. The summed E-state index contributed by atoms with van der Waals surface area (Å²) < 4.78 is 0. The maximum Gasteiger partial charge on any atom is 0.0776 e. The third kappa shape index (κ3) is 31.6. The number of rotatable bonds is 4. The predicted octanol–water partition coefficient (Wildman–Crippen LogP) is 0.458. The zero-order valence-corrected chi connectivity index (χ0v) is 11.5. The van der Waals surface area contributed by atoms with Gasteiger partial charge in [0.2, 0.25) is 0 Å². The Morgan fingerprint density at radius 2 is 2.00 bits per heavy atom. The molecular weight excluding hydrogens is 314 g/mol. The summed E-state index contributed by atoms with van der Waals surface area (Å²) in [6.45, 7) is 4.29. The van der Waals surface area contributed by atoms with Gasteiger partial charge in [-0.3, -0.25) is 0 Å². The molecule has 5 heteroatoms. The van der Waals surface area contributed by atoms with Crippen LogP contribution in [0.25, 0.3) is 0 Å². The first-order valence-corrected chi connectivity index (χ1v) is 4.70. The Morgan fingerprint density at radius 1 is 1.42 bits per heavy atom. The first kappa shape index (κ1) is 18.2. The number of nitriles is 1. The van der Waals surface area contributed by atoms with Crippen molar-refractivity contribution in [2.24, 2.45) is 0 Å². The summed E-state index contributed by atoms with van der Waals surface area (Å²) in [5.41, 5.74) is 0. The third-order valence-electron chi connectivity index (χ3n) is 1.35. The van der Waals surface area contributed by atoms with Gasteiger partial charge in [-0.25, -0.2) is 0 Å². The van der Waals surface area contributed by atoms with Crippen molar-refractivity contribution < 1.29 is 21.1 Å². The van der Waals surface area contributed by atoms with Crippen molar-refractivity contribution in [1.82, 2.24) is 0 Å². The van der Waals surface area contributed by atoms with Crippen molar-refractivity contribution in [3.05, 3.63) is 0 Å². The number of nitrogens with zero attached hydrogens (tertiary/aromatic N) is 1. The maximum absolute atomic E-state index is 7.95. The van der Waals surface area contributed by atoms with Crippen LogP contribution in [0.5, 0.6) is 0 Å². The summed E-state index contributed by atoms with van der Waals surface area (Å²) in [4.78, 5) is 0. The van der Waals surface area contributed by atoms with E-state index >= 15 is 0 Å². The molecule has 0 saturated carbocycles. The summed E-state index contributed by atoms with van der Waals surface area (Å²) >= 11 is 0. The molecule has 0 heterocycles. The largest absolute Gasteiger partial charge is 0.198 e. The van der Waals surface area contributed by atoms with E-state index in [1.807, 2.05) is 0 Å². The van der Waals surface area contributed by atoms with Gasteiger partial charge >= 0.3 is 0 Å². The summed E-state index contributed by atoms with van der Waals surface area (Å²) in [6.07, 6.45) is 4.25. The van der Waals surface area contributed by atoms with Crippen LogP contribution in [0.15, 0.2) is 0 Å². The second-order valence-corrected chi connectivity index (χ2v) is 2.62. The Morgan fingerprint density at radius 3 is 2.08 bits per heavy atom. The molecular formula is C7H18B3NW. The van der Waals surface area contributed by atoms with Gasteiger partial charge in [-0.2, -0.15) is 5.26 Å². The molecule has 0 amide bonds. The second kappa shape index (κ2) is 22.5. The van der Waals surface area contributed by atoms with Crippen LogP contribution in [-0.4, -0.2) is 22.0 Å². The van der Waals surface area contributed by atoms with Crippen LogP contribution >= 0.6 is 0 Å². The standard InChI is InChI=1S/C5H9N.C2H9B3.W/c1-2-3-4-5-6;1-2-4-5-3;/h2-4H2,1H3;4-5H,2-3H2,1H3;. The smallest absolute Gasteiger partial charge is 0.0776 e. The minimum Gasteiger partial charge on any atom is -0.198 e. The molecule has 0 unspecified atom stereocenters. The molecule has 0 atom stereocenters. The van der Waals surface area contributed by atoms with Crippen molar-refractivity contribution in [3.8, 4) is 6.07 Å². The molecule has 0 aromatic rings. The molecule has 0 aromatic heterocycles. The third-order valence-corrected chi connectivity index (χ3v) is 1.35. The average molecular weight is 333 g/mol. The van der Waals surface area contributed by atoms with Crippen LogP contribution in [0, 0.1) is 11.3 Å². The van der Waals surface area contributed by atoms with Gasteiger partial charge in [-0.1, -0.05) is 26.6 Å². The molecule has 0 spiro atoms. The van der Waals surface area contributed by atoms with Crippen LogP contribution in [-0.2, 0) is 21.1 Å². The van der Waals surface area contributed by atoms with E-state index in [-0.39, 0.29) is 21.1 Å². The fourth-order valence-corrected chi connectivity index (χ4v) is 0.609. The molecule has 0 aliphatic rings. The molecule has 0 aromatic carbocycles.